The van der Waals surface area contributed by atoms with Crippen molar-refractivity contribution in [1.29, 1.82) is 0 Å². The smallest absolute Gasteiger partial charge is 0.0270 e. The van der Waals surface area contributed by atoms with E-state index in [1.165, 1.54) is 44.3 Å². The summed E-state index contributed by atoms with van der Waals surface area (Å²) < 4.78 is 0. The quantitative estimate of drug-likeness (QED) is 0.829. The summed E-state index contributed by atoms with van der Waals surface area (Å²) >= 11 is 0. The maximum Gasteiger partial charge on any atom is 0.0270 e. The molecule has 0 aliphatic carbocycles. The van der Waals surface area contributed by atoms with Crippen LogP contribution in [0.1, 0.15) is 45.1 Å². The molecule has 0 saturated carbocycles. The second kappa shape index (κ2) is 8.38. The monoisotopic (exact) mass is 275 g/mol. The zero-order valence-electron chi connectivity index (χ0n) is 13.0. The summed E-state index contributed by atoms with van der Waals surface area (Å²) in [5.74, 6) is 0. The number of nitrogens with one attached hydrogen (secondary N) is 1. The molecule has 1 N–H and O–H groups in total. The second-order valence-electron chi connectivity index (χ2n) is 5.95. The fourth-order valence-corrected chi connectivity index (χ4v) is 3.19. The van der Waals surface area contributed by atoms with E-state index >= 15 is 0 Å². The lowest BCUT2D eigenvalue weighted by atomic mass is 9.95. The number of likely N-dealkylation sites (tertiary alicyclic amines) is 1. The molecule has 2 unspecified atom stereocenters. The summed E-state index contributed by atoms with van der Waals surface area (Å²) in [5.41, 5.74) is 1.40. The topological polar surface area (TPSA) is 28.2 Å². The van der Waals surface area contributed by atoms with Crippen molar-refractivity contribution in [1.82, 2.24) is 15.2 Å². The molecule has 3 heteroatoms. The molecule has 0 spiro atoms. The van der Waals surface area contributed by atoms with Crippen molar-refractivity contribution in [3.05, 3.63) is 30.1 Å². The molecule has 20 heavy (non-hydrogen) atoms. The molecule has 0 amide bonds. The Balaban J connectivity index is 1.86. The van der Waals surface area contributed by atoms with Gasteiger partial charge >= 0.3 is 0 Å². The molecule has 1 aromatic heterocycles. The molecule has 112 valence electrons. The van der Waals surface area contributed by atoms with Gasteiger partial charge < -0.3 is 5.32 Å². The van der Waals surface area contributed by atoms with E-state index < -0.39 is 0 Å². The Labute approximate surface area is 123 Å². The first-order valence-electron chi connectivity index (χ1n) is 8.17. The molecule has 1 aliphatic rings. The minimum Gasteiger partial charge on any atom is -0.313 e. The molecule has 0 radical (unpaired) electrons. The predicted molar refractivity (Wildman–Crippen MR) is 84.9 cm³/mol. The molecule has 2 heterocycles. The Morgan fingerprint density at radius 3 is 2.90 bits per heavy atom. The average Bonchev–Trinajstić information content (AvgIpc) is 2.52. The summed E-state index contributed by atoms with van der Waals surface area (Å²) in [4.78, 5) is 6.79. The molecule has 0 aromatic carbocycles. The van der Waals surface area contributed by atoms with Gasteiger partial charge in [0.15, 0.2) is 0 Å². The summed E-state index contributed by atoms with van der Waals surface area (Å²) in [6, 6.07) is 5.58. The van der Waals surface area contributed by atoms with E-state index in [4.69, 9.17) is 0 Å². The zero-order chi connectivity index (χ0) is 14.2. The number of nitrogens with zero attached hydrogens (tertiary/aromatic N) is 2. The van der Waals surface area contributed by atoms with Gasteiger partial charge in [0, 0.05) is 31.0 Å². The SMILES string of the molecule is CCCNC(C)C1CCCCN1CCc1ccncc1. The number of piperidine rings is 1. The Bertz CT molecular complexity index is 366. The van der Waals surface area contributed by atoms with E-state index in [0.717, 1.165) is 13.0 Å². The van der Waals surface area contributed by atoms with E-state index in [0.29, 0.717) is 12.1 Å². The van der Waals surface area contributed by atoms with E-state index in [9.17, 15) is 0 Å². The third-order valence-corrected chi connectivity index (χ3v) is 4.39. The minimum atomic E-state index is 0.604. The molecular formula is C17H29N3. The first kappa shape index (κ1) is 15.5. The van der Waals surface area contributed by atoms with Gasteiger partial charge in [0.25, 0.3) is 0 Å². The van der Waals surface area contributed by atoms with Gasteiger partial charge in [0.05, 0.1) is 0 Å². The van der Waals surface area contributed by atoms with Crippen LogP contribution in [-0.2, 0) is 6.42 Å². The summed E-state index contributed by atoms with van der Waals surface area (Å²) in [7, 11) is 0. The first-order valence-corrected chi connectivity index (χ1v) is 8.17. The van der Waals surface area contributed by atoms with Crippen LogP contribution in [-0.4, -0.2) is 41.6 Å². The van der Waals surface area contributed by atoms with Crippen molar-refractivity contribution in [3.63, 3.8) is 0 Å². The number of rotatable bonds is 7. The molecule has 1 fully saturated rings. The van der Waals surface area contributed by atoms with E-state index in [1.807, 2.05) is 12.4 Å². The maximum atomic E-state index is 4.09. The van der Waals surface area contributed by atoms with Crippen molar-refractivity contribution in [2.24, 2.45) is 0 Å². The molecule has 2 rings (SSSR count). The fourth-order valence-electron chi connectivity index (χ4n) is 3.19. The van der Waals surface area contributed by atoms with E-state index in [1.54, 1.807) is 0 Å². The van der Waals surface area contributed by atoms with Crippen molar-refractivity contribution in [2.45, 2.75) is 58.0 Å². The zero-order valence-corrected chi connectivity index (χ0v) is 13.0. The van der Waals surface area contributed by atoms with Gasteiger partial charge in [-0.1, -0.05) is 13.3 Å². The molecule has 1 aromatic rings. The molecular weight excluding hydrogens is 246 g/mol. The van der Waals surface area contributed by atoms with Crippen LogP contribution in [0.4, 0.5) is 0 Å². The van der Waals surface area contributed by atoms with E-state index in [2.05, 4.69) is 41.2 Å². The summed E-state index contributed by atoms with van der Waals surface area (Å²) in [6.45, 7) is 8.16. The van der Waals surface area contributed by atoms with Gasteiger partial charge in [-0.15, -0.1) is 0 Å². The molecule has 0 bridgehead atoms. The number of aromatic nitrogens is 1. The highest BCUT2D eigenvalue weighted by molar-refractivity contribution is 5.10. The van der Waals surface area contributed by atoms with Crippen molar-refractivity contribution in [2.75, 3.05) is 19.6 Å². The van der Waals surface area contributed by atoms with Crippen LogP contribution in [0.3, 0.4) is 0 Å². The van der Waals surface area contributed by atoms with Gasteiger partial charge in [-0.3, -0.25) is 9.88 Å². The first-order chi connectivity index (χ1) is 9.81. The Hall–Kier alpha value is -0.930. The predicted octanol–water partition coefficient (Wildman–Crippen LogP) is 2.87. The van der Waals surface area contributed by atoms with Crippen LogP contribution >= 0.6 is 0 Å². The largest absolute Gasteiger partial charge is 0.313 e. The Morgan fingerprint density at radius 1 is 1.35 bits per heavy atom. The molecule has 3 nitrogen and oxygen atoms in total. The molecule has 2 atom stereocenters. The Kier molecular flexibility index (Phi) is 6.48. The third-order valence-electron chi connectivity index (χ3n) is 4.39. The van der Waals surface area contributed by atoms with Crippen LogP contribution < -0.4 is 5.32 Å². The standard InChI is InChI=1S/C17H29N3/c1-3-10-19-15(2)17-6-4-5-13-20(17)14-9-16-7-11-18-12-8-16/h7-8,11-12,15,17,19H,3-6,9-10,13-14H2,1-2H3. The van der Waals surface area contributed by atoms with Gasteiger partial charge in [-0.25, -0.2) is 0 Å². The summed E-state index contributed by atoms with van der Waals surface area (Å²) in [5, 5.41) is 3.68. The maximum absolute atomic E-state index is 4.09. The van der Waals surface area contributed by atoms with E-state index in [-0.39, 0.29) is 0 Å². The second-order valence-corrected chi connectivity index (χ2v) is 5.95. The lowest BCUT2D eigenvalue weighted by Gasteiger charge is -2.39. The molecule has 1 saturated heterocycles. The van der Waals surface area contributed by atoms with Crippen molar-refractivity contribution >= 4 is 0 Å². The van der Waals surface area contributed by atoms with Crippen molar-refractivity contribution in [3.8, 4) is 0 Å². The lowest BCUT2D eigenvalue weighted by molar-refractivity contribution is 0.121. The molecule has 1 aliphatic heterocycles. The van der Waals surface area contributed by atoms with Gasteiger partial charge in [0.1, 0.15) is 0 Å². The van der Waals surface area contributed by atoms with Gasteiger partial charge in [-0.2, -0.15) is 0 Å². The van der Waals surface area contributed by atoms with Gasteiger partial charge in [0.2, 0.25) is 0 Å². The number of pyridine rings is 1. The highest BCUT2D eigenvalue weighted by atomic mass is 15.2. The average molecular weight is 275 g/mol. The minimum absolute atomic E-state index is 0.604. The van der Waals surface area contributed by atoms with Crippen LogP contribution in [0.15, 0.2) is 24.5 Å². The third kappa shape index (κ3) is 4.57. The highest BCUT2D eigenvalue weighted by Crippen LogP contribution is 2.20. The van der Waals surface area contributed by atoms with Crippen LogP contribution in [0.5, 0.6) is 0 Å². The number of hydrogen-bond acceptors (Lipinski definition) is 3. The van der Waals surface area contributed by atoms with Crippen LogP contribution in [0.2, 0.25) is 0 Å². The fraction of sp³-hybridized carbons (Fsp3) is 0.706. The Morgan fingerprint density at radius 2 is 2.15 bits per heavy atom. The summed E-state index contributed by atoms with van der Waals surface area (Å²) in [6.07, 6.45) is 10.2. The van der Waals surface area contributed by atoms with Crippen LogP contribution in [0, 0.1) is 0 Å². The van der Waals surface area contributed by atoms with Crippen LogP contribution in [0.25, 0.3) is 0 Å². The number of hydrogen-bond donors (Lipinski definition) is 1. The van der Waals surface area contributed by atoms with Gasteiger partial charge in [-0.05, 0) is 63.4 Å². The lowest BCUT2D eigenvalue weighted by Crippen LogP contribution is -2.51. The van der Waals surface area contributed by atoms with Crippen molar-refractivity contribution < 1.29 is 0 Å². The normalized spacial score (nSPS) is 21.8. The highest BCUT2D eigenvalue weighted by Gasteiger charge is 2.26.